The Balaban J connectivity index is 1.91. The van der Waals surface area contributed by atoms with Gasteiger partial charge in [-0.25, -0.2) is 0 Å². The van der Waals surface area contributed by atoms with Crippen LogP contribution in [0.2, 0.25) is 0 Å². The number of carbonyl (C=O) groups excluding carboxylic acids is 1. The van der Waals surface area contributed by atoms with Crippen molar-refractivity contribution in [2.24, 2.45) is 11.1 Å². The second-order valence-electron chi connectivity index (χ2n) is 8.21. The van der Waals surface area contributed by atoms with Gasteiger partial charge in [0.15, 0.2) is 0 Å². The van der Waals surface area contributed by atoms with Crippen molar-refractivity contribution >= 4 is 11.5 Å². The molecular formula is C22H28N2O5. The molecule has 2 heterocycles. The first-order chi connectivity index (χ1) is 13.8. The van der Waals surface area contributed by atoms with Gasteiger partial charge in [0, 0.05) is 31.8 Å². The van der Waals surface area contributed by atoms with E-state index in [1.54, 1.807) is 14.0 Å². The Morgan fingerprint density at radius 3 is 2.62 bits per heavy atom. The van der Waals surface area contributed by atoms with E-state index in [2.05, 4.69) is 24.2 Å². The Labute approximate surface area is 170 Å². The van der Waals surface area contributed by atoms with Crippen LogP contribution >= 0.6 is 0 Å². The van der Waals surface area contributed by atoms with Gasteiger partial charge in [0.05, 0.1) is 18.9 Å². The van der Waals surface area contributed by atoms with Crippen LogP contribution in [0, 0.1) is 26.7 Å². The molecule has 29 heavy (non-hydrogen) atoms. The lowest BCUT2D eigenvalue weighted by Crippen LogP contribution is -2.66. The summed E-state index contributed by atoms with van der Waals surface area (Å²) < 4.78 is 12.3. The molecule has 1 aromatic rings. The summed E-state index contributed by atoms with van der Waals surface area (Å²) in [6.07, 6.45) is 1.53. The first-order valence-electron chi connectivity index (χ1n) is 9.94. The third kappa shape index (κ3) is 2.75. The smallest absolute Gasteiger partial charge is 0.223 e. The number of rotatable bonds is 4. The first-order valence-corrected chi connectivity index (χ1v) is 9.94. The van der Waals surface area contributed by atoms with Gasteiger partial charge in [-0.05, 0) is 38.8 Å². The van der Waals surface area contributed by atoms with Crippen molar-refractivity contribution in [1.82, 2.24) is 4.90 Å². The number of carbonyl (C=O) groups is 1. The Morgan fingerprint density at radius 2 is 2.00 bits per heavy atom. The van der Waals surface area contributed by atoms with E-state index in [4.69, 9.17) is 14.3 Å². The Kier molecular flexibility index (Phi) is 4.80. The molecular weight excluding hydrogens is 372 g/mol. The predicted molar refractivity (Wildman–Crippen MR) is 108 cm³/mol. The van der Waals surface area contributed by atoms with Crippen LogP contribution in [-0.2, 0) is 19.1 Å². The molecule has 0 saturated carbocycles. The van der Waals surface area contributed by atoms with E-state index >= 15 is 0 Å². The summed E-state index contributed by atoms with van der Waals surface area (Å²) in [5.41, 5.74) is 4.30. The maximum absolute atomic E-state index is 13.2. The molecule has 1 fully saturated rings. The highest BCUT2D eigenvalue weighted by Crippen LogP contribution is 2.51. The van der Waals surface area contributed by atoms with E-state index in [1.165, 1.54) is 6.08 Å². The molecule has 0 aromatic heterocycles. The van der Waals surface area contributed by atoms with Crippen LogP contribution in [0.1, 0.15) is 29.2 Å². The van der Waals surface area contributed by atoms with Crippen molar-refractivity contribution < 1.29 is 24.2 Å². The molecule has 156 valence electrons. The molecule has 2 aliphatic heterocycles. The number of aryl methyl sites for hydroxylation is 3. The maximum Gasteiger partial charge on any atom is 0.223 e. The number of hydrogen-bond donors (Lipinski definition) is 1. The summed E-state index contributed by atoms with van der Waals surface area (Å²) in [5.74, 6) is -1.97. The number of nitrogens with zero attached hydrogens (tertiary/aromatic N) is 2. The largest absolute Gasteiger partial charge is 0.395 e. The molecule has 7 heteroatoms. The van der Waals surface area contributed by atoms with Gasteiger partial charge in [0.1, 0.15) is 11.6 Å². The van der Waals surface area contributed by atoms with E-state index in [0.717, 1.165) is 22.3 Å². The van der Waals surface area contributed by atoms with Crippen molar-refractivity contribution in [3.8, 4) is 0 Å². The molecule has 1 N–H and O–H groups in total. The third-order valence-corrected chi connectivity index (χ3v) is 6.28. The number of aliphatic hydroxyl groups excluding tert-OH is 1. The van der Waals surface area contributed by atoms with Gasteiger partial charge in [-0.2, -0.15) is 0 Å². The number of ether oxygens (including phenoxy) is 2. The molecule has 3 aliphatic rings. The zero-order chi connectivity index (χ0) is 21.0. The molecule has 1 saturated heterocycles. The fourth-order valence-corrected chi connectivity index (χ4v) is 5.06. The number of morpholine rings is 1. The summed E-state index contributed by atoms with van der Waals surface area (Å²) in [6, 6.07) is 4.20. The van der Waals surface area contributed by atoms with Crippen LogP contribution in [0.3, 0.4) is 0 Å². The second-order valence-corrected chi connectivity index (χ2v) is 8.21. The maximum atomic E-state index is 13.2. The minimum absolute atomic E-state index is 0.0269. The lowest BCUT2D eigenvalue weighted by Gasteiger charge is -2.52. The van der Waals surface area contributed by atoms with Gasteiger partial charge in [-0.1, -0.05) is 22.9 Å². The fraction of sp³-hybridized carbons (Fsp3) is 0.545. The van der Waals surface area contributed by atoms with Gasteiger partial charge in [-0.3, -0.25) is 4.79 Å². The molecule has 1 aromatic carbocycles. The topological polar surface area (TPSA) is 80.6 Å². The average Bonchev–Trinajstić information content (AvgIpc) is 3.02. The van der Waals surface area contributed by atoms with Crippen molar-refractivity contribution in [2.75, 3.05) is 33.4 Å². The standard InChI is InChI=1S/C22H28N2O5/c1-13-10-14(2)18(15(3)11-13)19-20-21(4,29-23-19)17(26)12-16-22(20,27-5)28-9-7-24(16)6-8-25/h10-12,20,25H,6-9H2,1-5H3/t20-,21-,22?/m0/s1. The highest BCUT2D eigenvalue weighted by molar-refractivity contribution is 6.13. The summed E-state index contributed by atoms with van der Waals surface area (Å²) in [6.45, 7) is 9.22. The summed E-state index contributed by atoms with van der Waals surface area (Å²) >= 11 is 0. The van der Waals surface area contributed by atoms with E-state index in [0.29, 0.717) is 31.1 Å². The van der Waals surface area contributed by atoms with Gasteiger partial charge < -0.3 is 24.3 Å². The number of benzene rings is 1. The molecule has 4 rings (SSSR count). The number of hydrogen-bond acceptors (Lipinski definition) is 7. The fourth-order valence-electron chi connectivity index (χ4n) is 5.06. The Hall–Kier alpha value is -2.22. The van der Waals surface area contributed by atoms with Crippen LogP contribution in [0.5, 0.6) is 0 Å². The Bertz CT molecular complexity index is 899. The lowest BCUT2D eigenvalue weighted by molar-refractivity contribution is -0.267. The number of fused-ring (bicyclic) bond motifs is 3. The van der Waals surface area contributed by atoms with Crippen LogP contribution < -0.4 is 0 Å². The molecule has 0 radical (unpaired) electrons. The predicted octanol–water partition coefficient (Wildman–Crippen LogP) is 1.85. The van der Waals surface area contributed by atoms with Crippen LogP contribution in [0.15, 0.2) is 29.1 Å². The zero-order valence-corrected chi connectivity index (χ0v) is 17.6. The summed E-state index contributed by atoms with van der Waals surface area (Å²) in [4.78, 5) is 20.9. The van der Waals surface area contributed by atoms with Gasteiger partial charge in [0.2, 0.25) is 17.2 Å². The SMILES string of the molecule is COC12OCCN(CCO)C1=CC(=O)[C@]1(C)ON=C(c3c(C)cc(C)cc3C)[C@H]21. The van der Waals surface area contributed by atoms with Gasteiger partial charge in [0.25, 0.3) is 0 Å². The van der Waals surface area contributed by atoms with Crippen molar-refractivity contribution in [3.63, 3.8) is 0 Å². The Morgan fingerprint density at radius 1 is 1.31 bits per heavy atom. The molecule has 1 aliphatic carbocycles. The van der Waals surface area contributed by atoms with Crippen LogP contribution in [0.25, 0.3) is 0 Å². The molecule has 1 unspecified atom stereocenters. The van der Waals surface area contributed by atoms with Crippen LogP contribution in [-0.4, -0.2) is 66.3 Å². The normalized spacial score (nSPS) is 31.0. The van der Waals surface area contributed by atoms with E-state index < -0.39 is 17.3 Å². The number of ketones is 1. The lowest BCUT2D eigenvalue weighted by atomic mass is 9.68. The highest BCUT2D eigenvalue weighted by Gasteiger charge is 2.67. The van der Waals surface area contributed by atoms with Gasteiger partial charge in [-0.15, -0.1) is 0 Å². The zero-order valence-electron chi connectivity index (χ0n) is 17.6. The molecule has 0 spiro atoms. The van der Waals surface area contributed by atoms with Crippen molar-refractivity contribution in [3.05, 3.63) is 46.2 Å². The quantitative estimate of drug-likeness (QED) is 0.831. The van der Waals surface area contributed by atoms with E-state index in [1.807, 2.05) is 18.7 Å². The van der Waals surface area contributed by atoms with Crippen molar-refractivity contribution in [1.29, 1.82) is 0 Å². The first kappa shape index (κ1) is 20.1. The average molecular weight is 400 g/mol. The van der Waals surface area contributed by atoms with E-state index in [-0.39, 0.29) is 12.4 Å². The minimum atomic E-state index is -1.22. The second kappa shape index (κ2) is 6.93. The van der Waals surface area contributed by atoms with Crippen LogP contribution in [0.4, 0.5) is 0 Å². The minimum Gasteiger partial charge on any atom is -0.395 e. The number of aliphatic hydroxyl groups is 1. The highest BCUT2D eigenvalue weighted by atomic mass is 16.7. The van der Waals surface area contributed by atoms with E-state index in [9.17, 15) is 9.90 Å². The number of methoxy groups -OCH3 is 1. The monoisotopic (exact) mass is 400 g/mol. The van der Waals surface area contributed by atoms with Crippen molar-refractivity contribution in [2.45, 2.75) is 39.1 Å². The third-order valence-electron chi connectivity index (χ3n) is 6.28. The molecule has 3 atom stereocenters. The molecule has 0 amide bonds. The molecule has 7 nitrogen and oxygen atoms in total. The number of β-amino-alcohol motifs (C(OH)–C–C–N with tert-alkyl or cyclic N) is 1. The molecule has 0 bridgehead atoms. The summed E-state index contributed by atoms with van der Waals surface area (Å²) in [7, 11) is 1.58. The summed E-state index contributed by atoms with van der Waals surface area (Å²) in [5, 5.41) is 13.9. The van der Waals surface area contributed by atoms with Gasteiger partial charge >= 0.3 is 0 Å². The number of oxime groups is 1.